The van der Waals surface area contributed by atoms with Crippen LogP contribution in [0.25, 0.3) is 0 Å². The molecule has 3 atom stereocenters. The molecule has 36 heavy (non-hydrogen) atoms. The molecule has 0 saturated carbocycles. The van der Waals surface area contributed by atoms with Crippen molar-refractivity contribution in [3.63, 3.8) is 0 Å². The molecule has 0 unspecified atom stereocenters. The summed E-state index contributed by atoms with van der Waals surface area (Å²) in [5.74, 6) is 0.576. The van der Waals surface area contributed by atoms with Crippen LogP contribution >= 0.6 is 11.8 Å². The summed E-state index contributed by atoms with van der Waals surface area (Å²) in [7, 11) is 0. The summed E-state index contributed by atoms with van der Waals surface area (Å²) in [5.41, 5.74) is 3.19. The van der Waals surface area contributed by atoms with Crippen LogP contribution < -0.4 is 10.0 Å². The summed E-state index contributed by atoms with van der Waals surface area (Å²) in [6.45, 7) is 3.62. The number of carbonyl (C=O) groups is 1. The predicted molar refractivity (Wildman–Crippen MR) is 136 cm³/mol. The molecule has 9 heteroatoms. The van der Waals surface area contributed by atoms with Crippen LogP contribution in [-0.4, -0.2) is 29.7 Å². The van der Waals surface area contributed by atoms with Gasteiger partial charge in [-0.15, -0.1) is 0 Å². The quantitative estimate of drug-likeness (QED) is 0.184. The van der Waals surface area contributed by atoms with Gasteiger partial charge < -0.3 is 24.5 Å². The highest BCUT2D eigenvalue weighted by atomic mass is 32.2. The second kappa shape index (κ2) is 12.5. The molecule has 8 nitrogen and oxygen atoms in total. The van der Waals surface area contributed by atoms with Crippen molar-refractivity contribution in [3.05, 3.63) is 107 Å². The van der Waals surface area contributed by atoms with Crippen LogP contribution in [0.4, 0.5) is 10.5 Å². The van der Waals surface area contributed by atoms with E-state index in [0.717, 1.165) is 21.4 Å². The zero-order valence-electron chi connectivity index (χ0n) is 19.6. The van der Waals surface area contributed by atoms with Crippen LogP contribution in [-0.2, 0) is 20.8 Å². The molecule has 1 aliphatic rings. The number of thioether (sulfide) groups is 1. The largest absolute Gasteiger partial charge is 0.618 e. The van der Waals surface area contributed by atoms with Gasteiger partial charge in [-0.25, -0.2) is 4.79 Å². The van der Waals surface area contributed by atoms with E-state index < -0.39 is 12.4 Å². The summed E-state index contributed by atoms with van der Waals surface area (Å²) in [6.07, 6.45) is 1.98. The number of hydrogen-bond donors (Lipinski definition) is 2. The summed E-state index contributed by atoms with van der Waals surface area (Å²) in [5, 5.41) is 24.7. The standard InChI is InChI=1S/C27H28N2O6S/c1-2-15-33-27(31)28-22-12-10-21(11-13-22)26-34-23(18-36-25-5-3-4-14-29(25)32)16-24(35-26)20-8-6-19(17-30)7-9-20/h2-14,23-24,26,30H,1,15-18H2,(H,28,31)/t23-,24+,26+/m1/s1. The van der Waals surface area contributed by atoms with Crippen LogP contribution in [0.3, 0.4) is 0 Å². The average molecular weight is 509 g/mol. The van der Waals surface area contributed by atoms with E-state index in [0.29, 0.717) is 22.9 Å². The first-order valence-electron chi connectivity index (χ1n) is 11.5. The number of aromatic nitrogens is 1. The van der Waals surface area contributed by atoms with Gasteiger partial charge in [0.05, 0.1) is 18.8 Å². The fourth-order valence-corrected chi connectivity index (χ4v) is 4.67. The molecular formula is C27H28N2O6S. The number of aliphatic hydroxyl groups is 1. The molecule has 1 fully saturated rings. The lowest BCUT2D eigenvalue weighted by atomic mass is 10.0. The molecule has 1 aromatic heterocycles. The highest BCUT2D eigenvalue weighted by molar-refractivity contribution is 7.99. The number of rotatable bonds is 9. The van der Waals surface area contributed by atoms with Gasteiger partial charge in [0.15, 0.2) is 12.5 Å². The second-order valence-electron chi connectivity index (χ2n) is 8.16. The topological polar surface area (TPSA) is 104 Å². The maximum Gasteiger partial charge on any atom is 0.411 e. The van der Waals surface area contributed by atoms with Crippen molar-refractivity contribution >= 4 is 23.5 Å². The van der Waals surface area contributed by atoms with Crippen LogP contribution in [0.5, 0.6) is 0 Å². The molecule has 4 rings (SSSR count). The van der Waals surface area contributed by atoms with Crippen LogP contribution in [0.15, 0.2) is 90.6 Å². The van der Waals surface area contributed by atoms with Crippen molar-refractivity contribution in [1.29, 1.82) is 0 Å². The minimum Gasteiger partial charge on any atom is -0.618 e. The lowest BCUT2D eigenvalue weighted by Crippen LogP contribution is -2.32. The lowest BCUT2D eigenvalue weighted by molar-refractivity contribution is -0.645. The molecule has 0 spiro atoms. The Morgan fingerprint density at radius 3 is 2.58 bits per heavy atom. The van der Waals surface area contributed by atoms with Gasteiger partial charge in [-0.2, -0.15) is 4.73 Å². The minimum absolute atomic E-state index is 0.0232. The number of hydrogen-bond acceptors (Lipinski definition) is 7. The maximum atomic E-state index is 12.1. The molecule has 3 aromatic rings. The number of ether oxygens (including phenoxy) is 3. The van der Waals surface area contributed by atoms with Gasteiger partial charge in [-0.1, -0.05) is 60.8 Å². The Bertz CT molecular complexity index is 1160. The molecule has 2 N–H and O–H groups in total. The third-order valence-corrected chi connectivity index (χ3v) is 6.73. The van der Waals surface area contributed by atoms with Crippen LogP contribution in [0, 0.1) is 5.21 Å². The molecule has 0 aliphatic carbocycles. The van der Waals surface area contributed by atoms with E-state index in [9.17, 15) is 15.1 Å². The summed E-state index contributed by atoms with van der Waals surface area (Å²) >= 11 is 1.44. The van der Waals surface area contributed by atoms with E-state index in [4.69, 9.17) is 14.2 Å². The molecule has 0 bridgehead atoms. The summed E-state index contributed by atoms with van der Waals surface area (Å²) < 4.78 is 18.4. The molecular weight excluding hydrogens is 480 g/mol. The Morgan fingerprint density at radius 1 is 1.14 bits per heavy atom. The molecule has 188 valence electrons. The van der Waals surface area contributed by atoms with E-state index in [1.165, 1.54) is 24.0 Å². The summed E-state index contributed by atoms with van der Waals surface area (Å²) in [6, 6.07) is 20.1. The van der Waals surface area contributed by atoms with E-state index in [1.54, 1.807) is 24.3 Å². The Labute approximate surface area is 214 Å². The number of pyridine rings is 1. The van der Waals surface area contributed by atoms with Gasteiger partial charge in [0.25, 0.3) is 5.03 Å². The number of amides is 1. The first kappa shape index (κ1) is 25.7. The van der Waals surface area contributed by atoms with Gasteiger partial charge >= 0.3 is 6.09 Å². The fourth-order valence-electron chi connectivity index (χ4n) is 3.74. The molecule has 2 aromatic carbocycles. The monoisotopic (exact) mass is 508 g/mol. The first-order chi connectivity index (χ1) is 17.6. The highest BCUT2D eigenvalue weighted by Gasteiger charge is 2.32. The zero-order chi connectivity index (χ0) is 25.3. The smallest absolute Gasteiger partial charge is 0.411 e. The van der Waals surface area contributed by atoms with Crippen molar-refractivity contribution in [3.8, 4) is 0 Å². The Balaban J connectivity index is 1.49. The molecule has 1 aliphatic heterocycles. The Hall–Kier alpha value is -3.37. The number of nitrogens with one attached hydrogen (secondary N) is 1. The SMILES string of the molecule is C=CCOC(=O)Nc1ccc([C@H]2O[C@@H](CSc3cccc[n+]3[O-])C[C@@H](c3ccc(CO)cc3)O2)cc1. The maximum absolute atomic E-state index is 12.1. The van der Waals surface area contributed by atoms with Crippen molar-refractivity contribution in [2.24, 2.45) is 0 Å². The number of anilines is 1. The average Bonchev–Trinajstić information content (AvgIpc) is 2.92. The Morgan fingerprint density at radius 2 is 1.89 bits per heavy atom. The molecule has 2 heterocycles. The summed E-state index contributed by atoms with van der Waals surface area (Å²) in [4.78, 5) is 11.8. The van der Waals surface area contributed by atoms with Gasteiger partial charge in [0.2, 0.25) is 0 Å². The predicted octanol–water partition coefficient (Wildman–Crippen LogP) is 4.88. The first-order valence-corrected chi connectivity index (χ1v) is 12.5. The van der Waals surface area contributed by atoms with Crippen LogP contribution in [0.2, 0.25) is 0 Å². The van der Waals surface area contributed by atoms with E-state index in [2.05, 4.69) is 11.9 Å². The third-order valence-electron chi connectivity index (χ3n) is 5.58. The lowest BCUT2D eigenvalue weighted by Gasteiger charge is -2.36. The number of aliphatic hydroxyl groups excluding tert-OH is 1. The van der Waals surface area contributed by atoms with Gasteiger partial charge in [-0.3, -0.25) is 5.32 Å². The van der Waals surface area contributed by atoms with E-state index in [1.807, 2.05) is 42.5 Å². The number of carbonyl (C=O) groups excluding carboxylic acids is 1. The van der Waals surface area contributed by atoms with Gasteiger partial charge in [-0.05, 0) is 29.3 Å². The highest BCUT2D eigenvalue weighted by Crippen LogP contribution is 2.39. The van der Waals surface area contributed by atoms with Gasteiger partial charge in [0.1, 0.15) is 6.61 Å². The molecule has 1 amide bonds. The second-order valence-corrected chi connectivity index (χ2v) is 9.20. The number of benzene rings is 2. The minimum atomic E-state index is -0.635. The van der Waals surface area contributed by atoms with Gasteiger partial charge in [0, 0.05) is 35.6 Å². The van der Waals surface area contributed by atoms with E-state index in [-0.39, 0.29) is 25.4 Å². The Kier molecular flexibility index (Phi) is 8.96. The number of nitrogens with zero attached hydrogens (tertiary/aromatic N) is 1. The molecule has 0 radical (unpaired) electrons. The van der Waals surface area contributed by atoms with Crippen LogP contribution in [0.1, 0.15) is 35.5 Å². The van der Waals surface area contributed by atoms with Crippen molar-refractivity contribution in [2.45, 2.75) is 36.6 Å². The van der Waals surface area contributed by atoms with Crippen molar-refractivity contribution in [2.75, 3.05) is 17.7 Å². The normalized spacial score (nSPS) is 19.4. The fraction of sp³-hybridized carbons (Fsp3) is 0.259. The van der Waals surface area contributed by atoms with Crippen molar-refractivity contribution < 1.29 is 28.8 Å². The molecule has 1 saturated heterocycles. The third kappa shape index (κ3) is 6.86. The zero-order valence-corrected chi connectivity index (χ0v) is 20.4. The van der Waals surface area contributed by atoms with E-state index >= 15 is 0 Å². The van der Waals surface area contributed by atoms with Crippen molar-refractivity contribution in [1.82, 2.24) is 0 Å².